The number of nitrogens with zero attached hydrogens (tertiary/aromatic N) is 1. The molecule has 0 bridgehead atoms. The first kappa shape index (κ1) is 16.7. The maximum atomic E-state index is 13.5. The Kier molecular flexibility index (Phi) is 5.06. The van der Waals surface area contributed by atoms with Crippen molar-refractivity contribution in [2.75, 3.05) is 19.7 Å². The van der Waals surface area contributed by atoms with Crippen LogP contribution in [-0.4, -0.2) is 41.7 Å². The van der Waals surface area contributed by atoms with E-state index in [0.717, 1.165) is 5.56 Å². The van der Waals surface area contributed by atoms with Gasteiger partial charge in [0.1, 0.15) is 17.7 Å². The van der Waals surface area contributed by atoms with Crippen molar-refractivity contribution in [2.24, 2.45) is 0 Å². The van der Waals surface area contributed by atoms with Crippen LogP contribution in [0.4, 0.5) is 4.39 Å². The number of aliphatic hydroxyl groups is 1. The molecule has 0 atom stereocenters. The minimum Gasteiger partial charge on any atom is -0.486 e. The fourth-order valence-electron chi connectivity index (χ4n) is 2.48. The number of amides is 1. The second kappa shape index (κ2) is 6.65. The number of carbonyl (C=O) groups excluding carboxylic acids is 1. The van der Waals surface area contributed by atoms with Crippen LogP contribution in [0.1, 0.15) is 39.2 Å². The van der Waals surface area contributed by atoms with E-state index in [9.17, 15) is 9.18 Å². The van der Waals surface area contributed by atoms with Gasteiger partial charge in [0.05, 0.1) is 13.1 Å². The van der Waals surface area contributed by atoms with Crippen LogP contribution in [0.15, 0.2) is 18.2 Å². The van der Waals surface area contributed by atoms with Gasteiger partial charge in [-0.15, -0.1) is 0 Å². The van der Waals surface area contributed by atoms with Crippen LogP contribution in [0.25, 0.3) is 0 Å². The fourth-order valence-corrected chi connectivity index (χ4v) is 2.48. The summed E-state index contributed by atoms with van der Waals surface area (Å²) in [5, 5.41) is 8.74. The van der Waals surface area contributed by atoms with Crippen molar-refractivity contribution < 1.29 is 19.0 Å². The quantitative estimate of drug-likeness (QED) is 0.909. The van der Waals surface area contributed by atoms with Crippen molar-refractivity contribution in [1.82, 2.24) is 4.90 Å². The number of likely N-dealkylation sites (tertiary alicyclic amines) is 1. The lowest BCUT2D eigenvalue weighted by atomic mass is 9.86. The van der Waals surface area contributed by atoms with Gasteiger partial charge in [0.2, 0.25) is 5.91 Å². The van der Waals surface area contributed by atoms with Crippen molar-refractivity contribution in [3.63, 3.8) is 0 Å². The fraction of sp³-hybridized carbons (Fsp3) is 0.588. The van der Waals surface area contributed by atoms with Crippen LogP contribution < -0.4 is 4.74 Å². The highest BCUT2D eigenvalue weighted by atomic mass is 19.1. The summed E-state index contributed by atoms with van der Waals surface area (Å²) in [7, 11) is 0. The molecular formula is C17H24FNO3. The van der Waals surface area contributed by atoms with Gasteiger partial charge in [0.15, 0.2) is 0 Å². The van der Waals surface area contributed by atoms with E-state index >= 15 is 0 Å². The zero-order chi connectivity index (χ0) is 16.3. The number of halogens is 1. The molecule has 1 aliphatic rings. The molecule has 0 aromatic heterocycles. The summed E-state index contributed by atoms with van der Waals surface area (Å²) in [5.74, 6) is 0.456. The first-order valence-electron chi connectivity index (χ1n) is 7.66. The average Bonchev–Trinajstić information content (AvgIpc) is 2.40. The van der Waals surface area contributed by atoms with Crippen molar-refractivity contribution >= 4 is 5.91 Å². The number of carbonyl (C=O) groups is 1. The Morgan fingerprint density at radius 1 is 1.41 bits per heavy atom. The highest BCUT2D eigenvalue weighted by Gasteiger charge is 2.33. The van der Waals surface area contributed by atoms with Crippen LogP contribution in [-0.2, 0) is 10.2 Å². The highest BCUT2D eigenvalue weighted by Crippen LogP contribution is 2.33. The van der Waals surface area contributed by atoms with Gasteiger partial charge in [-0.3, -0.25) is 4.79 Å². The van der Waals surface area contributed by atoms with Crippen molar-refractivity contribution in [2.45, 2.75) is 45.1 Å². The van der Waals surface area contributed by atoms with E-state index in [2.05, 4.69) is 0 Å². The van der Waals surface area contributed by atoms with Gasteiger partial charge in [-0.2, -0.15) is 0 Å². The second-order valence-electron chi connectivity index (χ2n) is 6.76. The van der Waals surface area contributed by atoms with Gasteiger partial charge >= 0.3 is 0 Å². The highest BCUT2D eigenvalue weighted by molar-refractivity contribution is 5.77. The number of ether oxygens (including phenoxy) is 1. The van der Waals surface area contributed by atoms with Gasteiger partial charge in [0, 0.05) is 18.6 Å². The smallest absolute Gasteiger partial charge is 0.222 e. The van der Waals surface area contributed by atoms with Gasteiger partial charge < -0.3 is 14.7 Å². The van der Waals surface area contributed by atoms with Gasteiger partial charge in [-0.05, 0) is 30.0 Å². The van der Waals surface area contributed by atoms with E-state index < -0.39 is 0 Å². The van der Waals surface area contributed by atoms with E-state index in [1.54, 1.807) is 11.0 Å². The van der Waals surface area contributed by atoms with Crippen molar-refractivity contribution in [1.29, 1.82) is 0 Å². The SMILES string of the molecule is CC(C)(C)c1cc(F)ccc1OC1CN(C(=O)CCCO)C1. The Morgan fingerprint density at radius 2 is 2.09 bits per heavy atom. The lowest BCUT2D eigenvalue weighted by Crippen LogP contribution is -2.56. The van der Waals surface area contributed by atoms with Crippen LogP contribution in [0.5, 0.6) is 5.75 Å². The molecule has 1 heterocycles. The van der Waals surface area contributed by atoms with E-state index in [4.69, 9.17) is 9.84 Å². The molecular weight excluding hydrogens is 285 g/mol. The summed E-state index contributed by atoms with van der Waals surface area (Å²) in [6.45, 7) is 7.17. The molecule has 0 saturated carbocycles. The Labute approximate surface area is 130 Å². The molecule has 1 aromatic carbocycles. The number of aliphatic hydroxyl groups excluding tert-OH is 1. The van der Waals surface area contributed by atoms with Gasteiger partial charge in [0.25, 0.3) is 0 Å². The molecule has 1 N–H and O–H groups in total. The zero-order valence-electron chi connectivity index (χ0n) is 13.4. The Bertz CT molecular complexity index is 533. The van der Waals surface area contributed by atoms with Crippen molar-refractivity contribution in [3.8, 4) is 5.75 Å². The molecule has 0 aliphatic carbocycles. The van der Waals surface area contributed by atoms with Crippen LogP contribution in [0, 0.1) is 5.82 Å². The van der Waals surface area contributed by atoms with Crippen molar-refractivity contribution in [3.05, 3.63) is 29.6 Å². The molecule has 1 fully saturated rings. The maximum Gasteiger partial charge on any atom is 0.222 e. The molecule has 5 heteroatoms. The number of rotatable bonds is 5. The summed E-state index contributed by atoms with van der Waals surface area (Å²) >= 11 is 0. The predicted octanol–water partition coefficient (Wildman–Crippen LogP) is 2.49. The Hall–Kier alpha value is -1.62. The first-order valence-corrected chi connectivity index (χ1v) is 7.66. The second-order valence-corrected chi connectivity index (χ2v) is 6.76. The third-order valence-electron chi connectivity index (χ3n) is 3.79. The summed E-state index contributed by atoms with van der Waals surface area (Å²) in [4.78, 5) is 13.5. The molecule has 1 aliphatic heterocycles. The molecule has 1 amide bonds. The Balaban J connectivity index is 1.95. The maximum absolute atomic E-state index is 13.5. The topological polar surface area (TPSA) is 49.8 Å². The molecule has 0 radical (unpaired) electrons. The third kappa shape index (κ3) is 3.97. The minimum atomic E-state index is -0.272. The van der Waals surface area contributed by atoms with Gasteiger partial charge in [-0.1, -0.05) is 20.8 Å². The third-order valence-corrected chi connectivity index (χ3v) is 3.79. The van der Waals surface area contributed by atoms with E-state index in [1.807, 2.05) is 20.8 Å². The summed E-state index contributed by atoms with van der Waals surface area (Å²) in [5.41, 5.74) is 0.621. The first-order chi connectivity index (χ1) is 10.3. The summed E-state index contributed by atoms with van der Waals surface area (Å²) in [6.07, 6.45) is 0.810. The lowest BCUT2D eigenvalue weighted by Gasteiger charge is -2.40. The average molecular weight is 309 g/mol. The summed E-state index contributed by atoms with van der Waals surface area (Å²) in [6, 6.07) is 4.57. The lowest BCUT2D eigenvalue weighted by molar-refractivity contribution is -0.140. The monoisotopic (exact) mass is 309 g/mol. The molecule has 2 rings (SSSR count). The van der Waals surface area contributed by atoms with E-state index in [1.165, 1.54) is 12.1 Å². The number of benzene rings is 1. The van der Waals surface area contributed by atoms with Gasteiger partial charge in [-0.25, -0.2) is 4.39 Å². The van der Waals surface area contributed by atoms with E-state index in [-0.39, 0.29) is 29.9 Å². The predicted molar refractivity (Wildman–Crippen MR) is 82.4 cm³/mol. The van der Waals surface area contributed by atoms with Crippen LogP contribution in [0.2, 0.25) is 0 Å². The Morgan fingerprint density at radius 3 is 2.68 bits per heavy atom. The minimum absolute atomic E-state index is 0.0318. The molecule has 0 unspecified atom stereocenters. The molecule has 1 saturated heterocycles. The van der Waals surface area contributed by atoms with Crippen LogP contribution >= 0.6 is 0 Å². The molecule has 0 spiro atoms. The largest absolute Gasteiger partial charge is 0.486 e. The molecule has 22 heavy (non-hydrogen) atoms. The van der Waals surface area contributed by atoms with E-state index in [0.29, 0.717) is 31.7 Å². The number of hydrogen-bond donors (Lipinski definition) is 1. The summed E-state index contributed by atoms with van der Waals surface area (Å²) < 4.78 is 19.4. The molecule has 4 nitrogen and oxygen atoms in total. The molecule has 1 aromatic rings. The standard InChI is InChI=1S/C17H24FNO3/c1-17(2,3)14-9-12(18)6-7-15(14)22-13-10-19(11-13)16(21)5-4-8-20/h6-7,9,13,20H,4-5,8,10-11H2,1-3H3. The molecule has 122 valence electrons. The zero-order valence-corrected chi connectivity index (χ0v) is 13.4. The number of hydrogen-bond acceptors (Lipinski definition) is 3. The van der Waals surface area contributed by atoms with Crippen LogP contribution in [0.3, 0.4) is 0 Å². The normalized spacial score (nSPS) is 15.6.